The molecule has 0 spiro atoms. The Morgan fingerprint density at radius 2 is 1.93 bits per heavy atom. The van der Waals surface area contributed by atoms with Crippen molar-refractivity contribution >= 4 is 5.91 Å². The average molecular weight is 198 g/mol. The summed E-state index contributed by atoms with van der Waals surface area (Å²) in [7, 11) is 1.87. The maximum Gasteiger partial charge on any atom is 0.227 e. The van der Waals surface area contributed by atoms with E-state index in [0.29, 0.717) is 0 Å². The number of nitrogens with two attached hydrogens (primary N) is 1. The Morgan fingerprint density at radius 1 is 1.36 bits per heavy atom. The predicted octanol–water partition coefficient (Wildman–Crippen LogP) is 1.37. The third kappa shape index (κ3) is 2.47. The lowest BCUT2D eigenvalue weighted by atomic mass is 9.84. The molecule has 3 nitrogen and oxygen atoms in total. The standard InChI is InChI=1S/C11H22N2O/c1-8(2)13(3)11(14)9-6-4-5-7-10(9)12/h8-10H,4-7,12H2,1-3H3. The van der Waals surface area contributed by atoms with Crippen molar-refractivity contribution in [3.63, 3.8) is 0 Å². The van der Waals surface area contributed by atoms with Gasteiger partial charge in [0.05, 0.1) is 5.92 Å². The third-order valence-corrected chi connectivity index (χ3v) is 3.26. The number of carbonyl (C=O) groups is 1. The van der Waals surface area contributed by atoms with Crippen molar-refractivity contribution in [3.8, 4) is 0 Å². The Balaban J connectivity index is 2.58. The smallest absolute Gasteiger partial charge is 0.227 e. The van der Waals surface area contributed by atoms with Gasteiger partial charge in [-0.2, -0.15) is 0 Å². The minimum absolute atomic E-state index is 0.0659. The minimum atomic E-state index is 0.0659. The van der Waals surface area contributed by atoms with Crippen LogP contribution in [-0.4, -0.2) is 29.9 Å². The van der Waals surface area contributed by atoms with E-state index in [0.717, 1.165) is 19.3 Å². The van der Waals surface area contributed by atoms with Crippen LogP contribution in [-0.2, 0) is 4.79 Å². The van der Waals surface area contributed by atoms with Crippen molar-refractivity contribution in [1.29, 1.82) is 0 Å². The Morgan fingerprint density at radius 3 is 2.43 bits per heavy atom. The first-order valence-corrected chi connectivity index (χ1v) is 5.56. The summed E-state index contributed by atoms with van der Waals surface area (Å²) in [6.45, 7) is 4.07. The number of nitrogens with zero attached hydrogens (tertiary/aromatic N) is 1. The molecule has 0 aromatic heterocycles. The van der Waals surface area contributed by atoms with E-state index in [1.807, 2.05) is 25.8 Å². The van der Waals surface area contributed by atoms with Crippen LogP contribution < -0.4 is 5.73 Å². The topological polar surface area (TPSA) is 46.3 Å². The highest BCUT2D eigenvalue weighted by Gasteiger charge is 2.30. The zero-order chi connectivity index (χ0) is 10.7. The summed E-state index contributed by atoms with van der Waals surface area (Å²) in [5.74, 6) is 0.295. The van der Waals surface area contributed by atoms with E-state index in [2.05, 4.69) is 0 Å². The van der Waals surface area contributed by atoms with E-state index in [9.17, 15) is 4.79 Å². The molecule has 0 heterocycles. The first-order valence-electron chi connectivity index (χ1n) is 5.56. The van der Waals surface area contributed by atoms with Crippen molar-refractivity contribution in [2.45, 2.75) is 51.6 Å². The molecule has 1 rings (SSSR count). The highest BCUT2D eigenvalue weighted by atomic mass is 16.2. The van der Waals surface area contributed by atoms with Crippen molar-refractivity contribution in [2.24, 2.45) is 11.7 Å². The molecule has 2 unspecified atom stereocenters. The van der Waals surface area contributed by atoms with Gasteiger partial charge in [-0.1, -0.05) is 12.8 Å². The minimum Gasteiger partial charge on any atom is -0.343 e. The molecule has 1 amide bonds. The van der Waals surface area contributed by atoms with Crippen molar-refractivity contribution < 1.29 is 4.79 Å². The van der Waals surface area contributed by atoms with Gasteiger partial charge in [-0.05, 0) is 26.7 Å². The zero-order valence-electron chi connectivity index (χ0n) is 9.49. The molecule has 1 saturated carbocycles. The molecule has 0 bridgehead atoms. The summed E-state index contributed by atoms with van der Waals surface area (Å²) < 4.78 is 0. The Hall–Kier alpha value is -0.570. The lowest BCUT2D eigenvalue weighted by Crippen LogP contribution is -2.46. The van der Waals surface area contributed by atoms with Gasteiger partial charge in [0.25, 0.3) is 0 Å². The molecule has 1 aliphatic carbocycles. The van der Waals surface area contributed by atoms with Gasteiger partial charge in [0, 0.05) is 19.1 Å². The quantitative estimate of drug-likeness (QED) is 0.728. The molecular formula is C11H22N2O. The van der Waals surface area contributed by atoms with Crippen molar-refractivity contribution in [1.82, 2.24) is 4.90 Å². The number of amides is 1. The molecule has 3 heteroatoms. The molecule has 0 aromatic carbocycles. The lowest BCUT2D eigenvalue weighted by molar-refractivity contribution is -0.137. The number of hydrogen-bond acceptors (Lipinski definition) is 2. The summed E-state index contributed by atoms with van der Waals surface area (Å²) in [5, 5.41) is 0. The fourth-order valence-electron chi connectivity index (χ4n) is 1.98. The van der Waals surface area contributed by atoms with Crippen LogP contribution in [0.15, 0.2) is 0 Å². The number of hydrogen-bond donors (Lipinski definition) is 1. The molecule has 82 valence electrons. The van der Waals surface area contributed by atoms with E-state index in [1.165, 1.54) is 6.42 Å². The van der Waals surface area contributed by atoms with E-state index < -0.39 is 0 Å². The number of carbonyl (C=O) groups excluding carboxylic acids is 1. The summed E-state index contributed by atoms with van der Waals surface area (Å²) >= 11 is 0. The Kier molecular flexibility index (Phi) is 3.93. The molecule has 0 radical (unpaired) electrons. The lowest BCUT2D eigenvalue weighted by Gasteiger charge is -2.32. The van der Waals surface area contributed by atoms with E-state index in [4.69, 9.17) is 5.73 Å². The molecule has 1 fully saturated rings. The van der Waals surface area contributed by atoms with Gasteiger partial charge < -0.3 is 10.6 Å². The first kappa shape index (κ1) is 11.5. The van der Waals surface area contributed by atoms with Crippen molar-refractivity contribution in [2.75, 3.05) is 7.05 Å². The fourth-order valence-corrected chi connectivity index (χ4v) is 1.98. The van der Waals surface area contributed by atoms with Crippen LogP contribution in [0.1, 0.15) is 39.5 Å². The molecular weight excluding hydrogens is 176 g/mol. The highest BCUT2D eigenvalue weighted by Crippen LogP contribution is 2.24. The first-order chi connectivity index (χ1) is 6.54. The molecule has 14 heavy (non-hydrogen) atoms. The average Bonchev–Trinajstić information content (AvgIpc) is 2.16. The van der Waals surface area contributed by atoms with Crippen LogP contribution >= 0.6 is 0 Å². The van der Waals surface area contributed by atoms with E-state index in [-0.39, 0.29) is 23.9 Å². The van der Waals surface area contributed by atoms with Gasteiger partial charge >= 0.3 is 0 Å². The Labute approximate surface area is 86.6 Å². The van der Waals surface area contributed by atoms with Gasteiger partial charge in [-0.25, -0.2) is 0 Å². The molecule has 0 aliphatic heterocycles. The van der Waals surface area contributed by atoms with Crippen LogP contribution in [0.25, 0.3) is 0 Å². The number of rotatable bonds is 2. The van der Waals surface area contributed by atoms with Crippen LogP contribution in [0.4, 0.5) is 0 Å². The fraction of sp³-hybridized carbons (Fsp3) is 0.909. The summed E-state index contributed by atoms with van der Waals surface area (Å²) in [5.41, 5.74) is 5.97. The molecule has 2 atom stereocenters. The zero-order valence-corrected chi connectivity index (χ0v) is 9.49. The molecule has 0 aromatic rings. The Bertz CT molecular complexity index is 203. The normalized spacial score (nSPS) is 27.8. The second kappa shape index (κ2) is 4.78. The maximum atomic E-state index is 12.0. The second-order valence-corrected chi connectivity index (χ2v) is 4.60. The summed E-state index contributed by atoms with van der Waals surface area (Å²) in [6, 6.07) is 0.356. The van der Waals surface area contributed by atoms with Gasteiger partial charge in [0.1, 0.15) is 0 Å². The largest absolute Gasteiger partial charge is 0.343 e. The van der Waals surface area contributed by atoms with Crippen LogP contribution in [0.3, 0.4) is 0 Å². The predicted molar refractivity (Wildman–Crippen MR) is 57.8 cm³/mol. The maximum absolute atomic E-state index is 12.0. The van der Waals surface area contributed by atoms with Crippen LogP contribution in [0.2, 0.25) is 0 Å². The van der Waals surface area contributed by atoms with Crippen LogP contribution in [0.5, 0.6) is 0 Å². The molecule has 2 N–H and O–H groups in total. The summed E-state index contributed by atoms with van der Waals surface area (Å²) in [4.78, 5) is 13.8. The second-order valence-electron chi connectivity index (χ2n) is 4.60. The molecule has 0 saturated heterocycles. The van der Waals surface area contributed by atoms with Crippen molar-refractivity contribution in [3.05, 3.63) is 0 Å². The third-order valence-electron chi connectivity index (χ3n) is 3.26. The SMILES string of the molecule is CC(C)N(C)C(=O)C1CCCCC1N. The van der Waals surface area contributed by atoms with Gasteiger partial charge in [0.2, 0.25) is 5.91 Å². The summed E-state index contributed by atoms with van der Waals surface area (Å²) in [6.07, 6.45) is 4.30. The van der Waals surface area contributed by atoms with E-state index >= 15 is 0 Å². The van der Waals surface area contributed by atoms with Gasteiger partial charge in [-0.3, -0.25) is 4.79 Å². The van der Waals surface area contributed by atoms with Crippen LogP contribution in [0, 0.1) is 5.92 Å². The monoisotopic (exact) mass is 198 g/mol. The van der Waals surface area contributed by atoms with Gasteiger partial charge in [-0.15, -0.1) is 0 Å². The molecule has 1 aliphatic rings. The highest BCUT2D eigenvalue weighted by molar-refractivity contribution is 5.79. The van der Waals surface area contributed by atoms with E-state index in [1.54, 1.807) is 0 Å². The van der Waals surface area contributed by atoms with Gasteiger partial charge in [0.15, 0.2) is 0 Å².